The molecule has 0 saturated carbocycles. The van der Waals surface area contributed by atoms with Crippen molar-refractivity contribution in [3.8, 4) is 5.75 Å². The lowest BCUT2D eigenvalue weighted by atomic mass is 9.92. The molecule has 1 aromatic rings. The Morgan fingerprint density at radius 1 is 1.19 bits per heavy atom. The van der Waals surface area contributed by atoms with E-state index in [2.05, 4.69) is 51.2 Å². The molecule has 0 aliphatic rings. The van der Waals surface area contributed by atoms with Crippen molar-refractivity contribution in [3.05, 3.63) is 29.8 Å². The summed E-state index contributed by atoms with van der Waals surface area (Å²) < 4.78 is 5.33. The Morgan fingerprint density at radius 3 is 2.57 bits per heavy atom. The van der Waals surface area contributed by atoms with Crippen molar-refractivity contribution in [1.29, 1.82) is 0 Å². The number of unbranched alkanes of at least 4 members (excludes halogenated alkanes) is 2. The number of methoxy groups -OCH3 is 1. The van der Waals surface area contributed by atoms with Gasteiger partial charge in [0.15, 0.2) is 0 Å². The molecule has 0 aromatic heterocycles. The van der Waals surface area contributed by atoms with Gasteiger partial charge in [-0.05, 0) is 63.8 Å². The van der Waals surface area contributed by atoms with E-state index in [1.807, 2.05) is 6.07 Å². The lowest BCUT2D eigenvalue weighted by molar-refractivity contribution is 0.349. The first-order valence-electron chi connectivity index (χ1n) is 8.32. The normalized spacial score (nSPS) is 13.2. The molecule has 1 unspecified atom stereocenters. The molecule has 1 rings (SSSR count). The molecule has 120 valence electrons. The fraction of sp³-hybridized carbons (Fsp3) is 0.684. The fourth-order valence-electron chi connectivity index (χ4n) is 2.54. The predicted molar refractivity (Wildman–Crippen MR) is 92.1 cm³/mol. The highest BCUT2D eigenvalue weighted by molar-refractivity contribution is 5.28. The molecule has 2 heteroatoms. The molecule has 0 bridgehead atoms. The van der Waals surface area contributed by atoms with Gasteiger partial charge in [0, 0.05) is 5.54 Å². The van der Waals surface area contributed by atoms with Crippen LogP contribution in [0.2, 0.25) is 0 Å². The first-order valence-corrected chi connectivity index (χ1v) is 8.32. The molecule has 0 spiro atoms. The van der Waals surface area contributed by atoms with Crippen molar-refractivity contribution in [2.75, 3.05) is 13.7 Å². The summed E-state index contributed by atoms with van der Waals surface area (Å²) in [4.78, 5) is 0. The molecule has 1 aromatic carbocycles. The van der Waals surface area contributed by atoms with E-state index in [0.717, 1.165) is 18.7 Å². The Balaban J connectivity index is 2.61. The van der Waals surface area contributed by atoms with Gasteiger partial charge in [0.05, 0.1) is 7.11 Å². The summed E-state index contributed by atoms with van der Waals surface area (Å²) in [6.07, 6.45) is 6.39. The third-order valence-corrected chi connectivity index (χ3v) is 3.80. The zero-order chi connectivity index (χ0) is 15.7. The first kappa shape index (κ1) is 18.0. The number of rotatable bonds is 9. The van der Waals surface area contributed by atoms with Gasteiger partial charge in [-0.1, -0.05) is 38.3 Å². The summed E-state index contributed by atoms with van der Waals surface area (Å²) in [5.74, 6) is 1.66. The number of ether oxygens (including phenoxy) is 1. The maximum atomic E-state index is 5.33. The summed E-state index contributed by atoms with van der Waals surface area (Å²) in [5, 5.41) is 3.67. The van der Waals surface area contributed by atoms with Crippen molar-refractivity contribution >= 4 is 0 Å². The fourth-order valence-corrected chi connectivity index (χ4v) is 2.54. The smallest absolute Gasteiger partial charge is 0.119 e. The van der Waals surface area contributed by atoms with Crippen LogP contribution in [-0.4, -0.2) is 19.2 Å². The third-order valence-electron chi connectivity index (χ3n) is 3.80. The minimum absolute atomic E-state index is 0.192. The highest BCUT2D eigenvalue weighted by Crippen LogP contribution is 2.20. The molecule has 0 radical (unpaired) electrons. The zero-order valence-electron chi connectivity index (χ0n) is 14.5. The molecule has 0 aliphatic carbocycles. The van der Waals surface area contributed by atoms with Crippen LogP contribution in [0, 0.1) is 5.92 Å². The second-order valence-corrected chi connectivity index (χ2v) is 7.05. The predicted octanol–water partition coefficient (Wildman–Crippen LogP) is 4.82. The standard InChI is InChI=1S/C19H33NO/c1-6-7-8-10-17(15-20-19(2,3)4)13-16-11-9-12-18(14-16)21-5/h9,11-12,14,17,20H,6-8,10,13,15H2,1-5H3. The van der Waals surface area contributed by atoms with Gasteiger partial charge >= 0.3 is 0 Å². The van der Waals surface area contributed by atoms with Crippen LogP contribution >= 0.6 is 0 Å². The Bertz CT molecular complexity index is 395. The second-order valence-electron chi connectivity index (χ2n) is 7.05. The van der Waals surface area contributed by atoms with Crippen LogP contribution in [0.15, 0.2) is 24.3 Å². The first-order chi connectivity index (χ1) is 9.94. The summed E-state index contributed by atoms with van der Waals surface area (Å²) in [6, 6.07) is 8.49. The van der Waals surface area contributed by atoms with E-state index in [9.17, 15) is 0 Å². The van der Waals surface area contributed by atoms with Gasteiger partial charge in [-0.15, -0.1) is 0 Å². The van der Waals surface area contributed by atoms with E-state index >= 15 is 0 Å². The van der Waals surface area contributed by atoms with Crippen LogP contribution in [0.3, 0.4) is 0 Å². The summed E-state index contributed by atoms with van der Waals surface area (Å²) >= 11 is 0. The highest BCUT2D eigenvalue weighted by Gasteiger charge is 2.15. The van der Waals surface area contributed by atoms with Gasteiger partial charge in [0.2, 0.25) is 0 Å². The zero-order valence-corrected chi connectivity index (χ0v) is 14.5. The lowest BCUT2D eigenvalue weighted by Crippen LogP contribution is -2.39. The van der Waals surface area contributed by atoms with Gasteiger partial charge < -0.3 is 10.1 Å². The Morgan fingerprint density at radius 2 is 1.95 bits per heavy atom. The van der Waals surface area contributed by atoms with E-state index in [4.69, 9.17) is 4.74 Å². The molecule has 2 nitrogen and oxygen atoms in total. The molecule has 1 N–H and O–H groups in total. The number of hydrogen-bond acceptors (Lipinski definition) is 2. The molecule has 1 atom stereocenters. The monoisotopic (exact) mass is 291 g/mol. The summed E-state index contributed by atoms with van der Waals surface area (Å²) in [7, 11) is 1.74. The molecule has 0 fully saturated rings. The molecule has 0 aliphatic heterocycles. The molecular formula is C19H33NO. The molecule has 21 heavy (non-hydrogen) atoms. The van der Waals surface area contributed by atoms with Gasteiger partial charge in [0.1, 0.15) is 5.75 Å². The van der Waals surface area contributed by atoms with Crippen LogP contribution in [0.1, 0.15) is 58.9 Å². The maximum Gasteiger partial charge on any atom is 0.119 e. The average molecular weight is 291 g/mol. The number of benzene rings is 1. The Labute approximate surface area is 131 Å². The Hall–Kier alpha value is -1.02. The van der Waals surface area contributed by atoms with Crippen LogP contribution in [0.25, 0.3) is 0 Å². The number of nitrogens with one attached hydrogen (secondary N) is 1. The molecular weight excluding hydrogens is 258 g/mol. The quantitative estimate of drug-likeness (QED) is 0.658. The van der Waals surface area contributed by atoms with Crippen molar-refractivity contribution in [1.82, 2.24) is 5.32 Å². The Kier molecular flexibility index (Phi) is 7.81. The van der Waals surface area contributed by atoms with E-state index in [0.29, 0.717) is 5.92 Å². The highest BCUT2D eigenvalue weighted by atomic mass is 16.5. The largest absolute Gasteiger partial charge is 0.497 e. The van der Waals surface area contributed by atoms with Crippen LogP contribution in [0.4, 0.5) is 0 Å². The van der Waals surface area contributed by atoms with Crippen molar-refractivity contribution in [2.24, 2.45) is 5.92 Å². The molecule has 0 amide bonds. The SMILES string of the molecule is CCCCCC(CNC(C)(C)C)Cc1cccc(OC)c1. The summed E-state index contributed by atoms with van der Waals surface area (Å²) in [5.41, 5.74) is 1.57. The third kappa shape index (κ3) is 8.11. The van der Waals surface area contributed by atoms with E-state index in [1.165, 1.54) is 31.2 Å². The van der Waals surface area contributed by atoms with Crippen LogP contribution in [-0.2, 0) is 6.42 Å². The second kappa shape index (κ2) is 9.09. The molecule has 0 heterocycles. The summed E-state index contributed by atoms with van der Waals surface area (Å²) in [6.45, 7) is 10.1. The van der Waals surface area contributed by atoms with Gasteiger partial charge in [-0.2, -0.15) is 0 Å². The van der Waals surface area contributed by atoms with E-state index in [-0.39, 0.29) is 5.54 Å². The van der Waals surface area contributed by atoms with Gasteiger partial charge in [0.25, 0.3) is 0 Å². The van der Waals surface area contributed by atoms with Crippen molar-refractivity contribution in [2.45, 2.75) is 65.3 Å². The van der Waals surface area contributed by atoms with Crippen LogP contribution in [0.5, 0.6) is 5.75 Å². The van der Waals surface area contributed by atoms with Gasteiger partial charge in [-0.3, -0.25) is 0 Å². The minimum atomic E-state index is 0.192. The van der Waals surface area contributed by atoms with Crippen molar-refractivity contribution < 1.29 is 4.74 Å². The van der Waals surface area contributed by atoms with Crippen molar-refractivity contribution in [3.63, 3.8) is 0 Å². The number of hydrogen-bond donors (Lipinski definition) is 1. The van der Waals surface area contributed by atoms with E-state index in [1.54, 1.807) is 7.11 Å². The molecule has 0 saturated heterocycles. The average Bonchev–Trinajstić information content (AvgIpc) is 2.44. The van der Waals surface area contributed by atoms with Crippen LogP contribution < -0.4 is 10.1 Å². The lowest BCUT2D eigenvalue weighted by Gasteiger charge is -2.25. The van der Waals surface area contributed by atoms with Gasteiger partial charge in [-0.25, -0.2) is 0 Å². The van der Waals surface area contributed by atoms with E-state index < -0.39 is 0 Å². The minimum Gasteiger partial charge on any atom is -0.497 e. The topological polar surface area (TPSA) is 21.3 Å². The maximum absolute atomic E-state index is 5.33.